The smallest absolute Gasteiger partial charge is 0.407 e. The largest absolute Gasteiger partial charge is 0.497 e. The van der Waals surface area contributed by atoms with E-state index in [1.807, 2.05) is 26.8 Å². The maximum atomic E-state index is 13.2. The number of ether oxygens (including phenoxy) is 2. The second-order valence-electron chi connectivity index (χ2n) is 10.6. The van der Waals surface area contributed by atoms with Crippen molar-refractivity contribution in [3.05, 3.63) is 34.9 Å². The molecule has 0 saturated carbocycles. The van der Waals surface area contributed by atoms with Crippen LogP contribution < -0.4 is 10.1 Å². The molecule has 1 aromatic rings. The SMILES string of the molecule is COc1ccc2c(c1)C1=C(C2)C(CC(C)C)N(C(=O)CCCCNC(=O)OC(C)(C)C)CC1. The second-order valence-corrected chi connectivity index (χ2v) is 10.6. The highest BCUT2D eigenvalue weighted by atomic mass is 16.6. The zero-order chi connectivity index (χ0) is 24.2. The molecule has 0 aromatic heterocycles. The minimum Gasteiger partial charge on any atom is -0.497 e. The Kier molecular flexibility index (Phi) is 8.09. The molecule has 0 spiro atoms. The maximum absolute atomic E-state index is 13.2. The first-order chi connectivity index (χ1) is 15.6. The van der Waals surface area contributed by atoms with E-state index in [1.54, 1.807) is 7.11 Å². The molecular weight excluding hydrogens is 416 g/mol. The summed E-state index contributed by atoms with van der Waals surface area (Å²) in [4.78, 5) is 27.1. The van der Waals surface area contributed by atoms with Gasteiger partial charge in [-0.25, -0.2) is 4.79 Å². The van der Waals surface area contributed by atoms with Crippen molar-refractivity contribution >= 4 is 17.6 Å². The monoisotopic (exact) mass is 456 g/mol. The van der Waals surface area contributed by atoms with Gasteiger partial charge in [-0.15, -0.1) is 0 Å². The van der Waals surface area contributed by atoms with E-state index in [9.17, 15) is 9.59 Å². The lowest BCUT2D eigenvalue weighted by molar-refractivity contribution is -0.133. The minimum atomic E-state index is -0.502. The van der Waals surface area contributed by atoms with Crippen molar-refractivity contribution in [1.82, 2.24) is 10.2 Å². The molecule has 1 atom stereocenters. The fourth-order valence-electron chi connectivity index (χ4n) is 4.86. The Morgan fingerprint density at radius 2 is 1.97 bits per heavy atom. The summed E-state index contributed by atoms with van der Waals surface area (Å²) in [6, 6.07) is 6.52. The molecule has 0 bridgehead atoms. The topological polar surface area (TPSA) is 67.9 Å². The molecule has 1 N–H and O–H groups in total. The summed E-state index contributed by atoms with van der Waals surface area (Å²) in [5, 5.41) is 2.77. The lowest BCUT2D eigenvalue weighted by Crippen LogP contribution is -2.45. The number of amides is 2. The average molecular weight is 457 g/mol. The van der Waals surface area contributed by atoms with E-state index >= 15 is 0 Å². The first-order valence-corrected chi connectivity index (χ1v) is 12.2. The number of rotatable bonds is 8. The van der Waals surface area contributed by atoms with Crippen LogP contribution in [-0.4, -0.2) is 48.7 Å². The third-order valence-electron chi connectivity index (χ3n) is 6.29. The van der Waals surface area contributed by atoms with Crippen molar-refractivity contribution in [3.8, 4) is 5.75 Å². The number of alkyl carbamates (subject to hydrolysis) is 1. The van der Waals surface area contributed by atoms with Gasteiger partial charge in [-0.3, -0.25) is 4.79 Å². The Bertz CT molecular complexity index is 898. The summed E-state index contributed by atoms with van der Waals surface area (Å²) in [7, 11) is 1.71. The number of unbranched alkanes of at least 4 members (excludes halogenated alkanes) is 1. The number of hydrogen-bond acceptors (Lipinski definition) is 4. The lowest BCUT2D eigenvalue weighted by atomic mass is 9.87. The number of methoxy groups -OCH3 is 1. The van der Waals surface area contributed by atoms with Crippen molar-refractivity contribution < 1.29 is 19.1 Å². The van der Waals surface area contributed by atoms with Gasteiger partial charge >= 0.3 is 6.09 Å². The number of nitrogens with one attached hydrogen (secondary N) is 1. The highest BCUT2D eigenvalue weighted by Crippen LogP contribution is 2.43. The lowest BCUT2D eigenvalue weighted by Gasteiger charge is -2.38. The number of fused-ring (bicyclic) bond motifs is 2. The van der Waals surface area contributed by atoms with Crippen LogP contribution in [0.3, 0.4) is 0 Å². The fourth-order valence-corrected chi connectivity index (χ4v) is 4.86. The van der Waals surface area contributed by atoms with Crippen LogP contribution in [0.4, 0.5) is 4.79 Å². The molecule has 1 aliphatic carbocycles. The van der Waals surface area contributed by atoms with Gasteiger partial charge in [-0.05, 0) is 93.2 Å². The van der Waals surface area contributed by atoms with Crippen LogP contribution in [0, 0.1) is 5.92 Å². The molecule has 0 radical (unpaired) electrons. The Hall–Kier alpha value is -2.50. The van der Waals surface area contributed by atoms with E-state index in [0.29, 0.717) is 18.9 Å². The summed E-state index contributed by atoms with van der Waals surface area (Å²) in [5.41, 5.74) is 4.98. The van der Waals surface area contributed by atoms with E-state index < -0.39 is 11.7 Å². The van der Waals surface area contributed by atoms with Gasteiger partial charge in [-0.2, -0.15) is 0 Å². The highest BCUT2D eigenvalue weighted by molar-refractivity contribution is 5.83. The molecule has 1 unspecified atom stereocenters. The fraction of sp³-hybridized carbons (Fsp3) is 0.630. The van der Waals surface area contributed by atoms with Crippen molar-refractivity contribution in [1.29, 1.82) is 0 Å². The van der Waals surface area contributed by atoms with Gasteiger partial charge in [0.25, 0.3) is 0 Å². The first-order valence-electron chi connectivity index (χ1n) is 12.2. The molecule has 2 amide bonds. The summed E-state index contributed by atoms with van der Waals surface area (Å²) in [6.45, 7) is 11.3. The van der Waals surface area contributed by atoms with Crippen LogP contribution >= 0.6 is 0 Å². The van der Waals surface area contributed by atoms with Gasteiger partial charge < -0.3 is 19.7 Å². The van der Waals surface area contributed by atoms with Gasteiger partial charge in [0.05, 0.1) is 13.2 Å². The Morgan fingerprint density at radius 1 is 1.21 bits per heavy atom. The van der Waals surface area contributed by atoms with Gasteiger partial charge in [0.1, 0.15) is 11.4 Å². The van der Waals surface area contributed by atoms with Crippen LogP contribution in [0.5, 0.6) is 5.75 Å². The summed E-state index contributed by atoms with van der Waals surface area (Å²) in [5.74, 6) is 1.62. The quantitative estimate of drug-likeness (QED) is 0.536. The molecule has 3 rings (SSSR count). The zero-order valence-electron chi connectivity index (χ0n) is 21.1. The van der Waals surface area contributed by atoms with Crippen molar-refractivity contribution in [2.75, 3.05) is 20.2 Å². The molecule has 1 aromatic carbocycles. The predicted octanol–water partition coefficient (Wildman–Crippen LogP) is 5.35. The van der Waals surface area contributed by atoms with Crippen LogP contribution in [0.15, 0.2) is 23.8 Å². The number of benzene rings is 1. The summed E-state index contributed by atoms with van der Waals surface area (Å²) in [6.07, 6.45) is 4.42. The van der Waals surface area contributed by atoms with Gasteiger partial charge in [0.2, 0.25) is 5.91 Å². The molecular formula is C27H40N2O4. The maximum Gasteiger partial charge on any atom is 0.407 e. The minimum absolute atomic E-state index is 0.166. The van der Waals surface area contributed by atoms with Crippen LogP contribution in [0.2, 0.25) is 0 Å². The van der Waals surface area contributed by atoms with Crippen molar-refractivity contribution in [2.24, 2.45) is 5.92 Å². The van der Waals surface area contributed by atoms with Gasteiger partial charge in [0.15, 0.2) is 0 Å². The molecule has 182 valence electrons. The van der Waals surface area contributed by atoms with Gasteiger partial charge in [0, 0.05) is 19.5 Å². The molecule has 1 heterocycles. The van der Waals surface area contributed by atoms with Crippen molar-refractivity contribution in [2.45, 2.75) is 84.8 Å². The van der Waals surface area contributed by atoms with E-state index in [0.717, 1.165) is 44.4 Å². The molecule has 6 heteroatoms. The zero-order valence-corrected chi connectivity index (χ0v) is 21.1. The first kappa shape index (κ1) is 25.1. The molecule has 6 nitrogen and oxygen atoms in total. The highest BCUT2D eigenvalue weighted by Gasteiger charge is 2.36. The average Bonchev–Trinajstić information content (AvgIpc) is 3.10. The Morgan fingerprint density at radius 3 is 2.64 bits per heavy atom. The summed E-state index contributed by atoms with van der Waals surface area (Å²) >= 11 is 0. The number of carbonyl (C=O) groups excluding carboxylic acids is 2. The Balaban J connectivity index is 1.59. The molecule has 1 aliphatic heterocycles. The molecule has 0 saturated heterocycles. The Labute approximate surface area is 198 Å². The van der Waals surface area contributed by atoms with Crippen molar-refractivity contribution in [3.63, 3.8) is 0 Å². The molecule has 0 fully saturated rings. The third-order valence-corrected chi connectivity index (χ3v) is 6.29. The van der Waals surface area contributed by atoms with E-state index in [4.69, 9.17) is 9.47 Å². The van der Waals surface area contributed by atoms with Gasteiger partial charge in [-0.1, -0.05) is 19.9 Å². The van der Waals surface area contributed by atoms with E-state index in [2.05, 4.69) is 36.2 Å². The standard InChI is InChI=1S/C27H40N2O4/c1-18(2)15-24-23-16-19-10-11-20(32-6)17-22(19)21(23)12-14-29(24)25(30)9-7-8-13-28-26(31)33-27(3,4)5/h10-11,17-18,24H,7-9,12-16H2,1-6H3,(H,28,31). The van der Waals surface area contributed by atoms with E-state index in [1.165, 1.54) is 22.3 Å². The van der Waals surface area contributed by atoms with E-state index in [-0.39, 0.29) is 11.9 Å². The summed E-state index contributed by atoms with van der Waals surface area (Å²) < 4.78 is 10.7. The van der Waals surface area contributed by atoms with Crippen LogP contribution in [-0.2, 0) is 16.0 Å². The predicted molar refractivity (Wildman–Crippen MR) is 131 cm³/mol. The normalized spacial score (nSPS) is 17.7. The van der Waals surface area contributed by atoms with Crippen LogP contribution in [0.25, 0.3) is 5.57 Å². The van der Waals surface area contributed by atoms with Crippen LogP contribution in [0.1, 0.15) is 77.8 Å². The third kappa shape index (κ3) is 6.52. The second kappa shape index (κ2) is 10.6. The molecule has 33 heavy (non-hydrogen) atoms. The number of nitrogens with zero attached hydrogens (tertiary/aromatic N) is 1. The number of hydrogen-bond donors (Lipinski definition) is 1. The molecule has 2 aliphatic rings. The number of carbonyl (C=O) groups is 2.